The van der Waals surface area contributed by atoms with Gasteiger partial charge in [-0.3, -0.25) is 10.1 Å². The Balaban J connectivity index is 2.40. The summed E-state index contributed by atoms with van der Waals surface area (Å²) in [5.41, 5.74) is 0. The molecule has 0 radical (unpaired) electrons. The van der Waals surface area contributed by atoms with Gasteiger partial charge >= 0.3 is 5.97 Å². The van der Waals surface area contributed by atoms with Gasteiger partial charge in [0.2, 0.25) is 0 Å². The lowest BCUT2D eigenvalue weighted by Gasteiger charge is -2.14. The predicted octanol–water partition coefficient (Wildman–Crippen LogP) is 1.50. The normalized spacial score (nSPS) is 12.4. The summed E-state index contributed by atoms with van der Waals surface area (Å²) in [6.45, 7) is 2.58. The number of rotatable bonds is 7. The Bertz CT molecular complexity index is 298. The molecule has 0 aliphatic rings. The summed E-state index contributed by atoms with van der Waals surface area (Å²) in [4.78, 5) is 11.4. The van der Waals surface area contributed by atoms with E-state index in [1.807, 2.05) is 0 Å². The van der Waals surface area contributed by atoms with Gasteiger partial charge in [-0.2, -0.15) is 0 Å². The van der Waals surface area contributed by atoms with Gasteiger partial charge in [-0.05, 0) is 6.42 Å². The Morgan fingerprint density at radius 2 is 2.50 bits per heavy atom. The van der Waals surface area contributed by atoms with Crippen molar-refractivity contribution in [3.05, 3.63) is 18.0 Å². The van der Waals surface area contributed by atoms with Crippen LogP contribution >= 0.6 is 0 Å². The highest BCUT2D eigenvalue weighted by molar-refractivity contribution is 5.75. The second-order valence-electron chi connectivity index (χ2n) is 3.58. The zero-order valence-electron chi connectivity index (χ0n) is 9.73. The van der Waals surface area contributed by atoms with Gasteiger partial charge in [0.1, 0.15) is 11.8 Å². The first-order valence-electron chi connectivity index (χ1n) is 5.48. The summed E-state index contributed by atoms with van der Waals surface area (Å²) in [6.07, 6.45) is 4.40. The van der Waals surface area contributed by atoms with Gasteiger partial charge in [0.05, 0.1) is 19.9 Å². The highest BCUT2D eigenvalue weighted by Crippen LogP contribution is 2.04. The molecule has 0 amide bonds. The maximum absolute atomic E-state index is 11.4. The summed E-state index contributed by atoms with van der Waals surface area (Å²) in [7, 11) is 1.40. The molecule has 90 valence electrons. The number of aromatic nitrogens is 1. The topological polar surface area (TPSA) is 64.4 Å². The van der Waals surface area contributed by atoms with Crippen molar-refractivity contribution in [1.29, 1.82) is 0 Å². The van der Waals surface area contributed by atoms with Gasteiger partial charge in [0.15, 0.2) is 0 Å². The molecular formula is C11H18N2O3. The maximum Gasteiger partial charge on any atom is 0.322 e. The van der Waals surface area contributed by atoms with E-state index in [0.29, 0.717) is 12.3 Å². The van der Waals surface area contributed by atoms with Gasteiger partial charge in [0.25, 0.3) is 0 Å². The molecule has 1 heterocycles. The molecule has 5 heteroatoms. The number of carbonyl (C=O) groups excluding carboxylic acids is 1. The molecule has 0 aromatic carbocycles. The second kappa shape index (κ2) is 7.00. The van der Waals surface area contributed by atoms with Crippen LogP contribution < -0.4 is 5.32 Å². The summed E-state index contributed by atoms with van der Waals surface area (Å²) in [6, 6.07) is 1.50. The number of nitrogens with one attached hydrogen (secondary N) is 1. The minimum absolute atomic E-state index is 0.229. The molecular weight excluding hydrogens is 208 g/mol. The minimum Gasteiger partial charge on any atom is -0.468 e. The van der Waals surface area contributed by atoms with Crippen LogP contribution in [0.4, 0.5) is 0 Å². The third-order valence-electron chi connectivity index (χ3n) is 2.35. The lowest BCUT2D eigenvalue weighted by molar-refractivity contribution is -0.143. The van der Waals surface area contributed by atoms with E-state index in [4.69, 9.17) is 9.26 Å². The van der Waals surface area contributed by atoms with Crippen molar-refractivity contribution in [2.24, 2.45) is 0 Å². The van der Waals surface area contributed by atoms with Crippen molar-refractivity contribution in [2.45, 2.75) is 38.8 Å². The number of carbonyl (C=O) groups is 1. The van der Waals surface area contributed by atoms with Crippen molar-refractivity contribution in [3.63, 3.8) is 0 Å². The molecule has 0 bridgehead atoms. The molecule has 1 unspecified atom stereocenters. The van der Waals surface area contributed by atoms with Crippen molar-refractivity contribution >= 4 is 5.97 Å². The number of unbranched alkanes of at least 4 members (excludes halogenated alkanes) is 1. The molecule has 1 atom stereocenters. The van der Waals surface area contributed by atoms with Crippen LogP contribution in [-0.4, -0.2) is 24.3 Å². The molecule has 1 aromatic rings. The molecule has 0 aliphatic carbocycles. The quantitative estimate of drug-likeness (QED) is 0.714. The van der Waals surface area contributed by atoms with Crippen LogP contribution in [0.2, 0.25) is 0 Å². The van der Waals surface area contributed by atoms with Gasteiger partial charge in [-0.1, -0.05) is 24.9 Å². The predicted molar refractivity (Wildman–Crippen MR) is 58.7 cm³/mol. The first kappa shape index (κ1) is 12.7. The third kappa shape index (κ3) is 4.02. The lowest BCUT2D eigenvalue weighted by atomic mass is 10.1. The van der Waals surface area contributed by atoms with Crippen molar-refractivity contribution < 1.29 is 14.1 Å². The third-order valence-corrected chi connectivity index (χ3v) is 2.35. The fourth-order valence-corrected chi connectivity index (χ4v) is 1.41. The summed E-state index contributed by atoms with van der Waals surface area (Å²) in [5, 5.41) is 6.70. The standard InChI is InChI=1S/C11H18N2O3/c1-3-4-5-10(11(14)15-2)12-8-9-6-7-13-16-9/h6-7,10,12H,3-5,8H2,1-2H3. The molecule has 5 nitrogen and oxygen atoms in total. The van der Waals surface area contributed by atoms with E-state index < -0.39 is 0 Å². The molecule has 0 saturated heterocycles. The zero-order valence-corrected chi connectivity index (χ0v) is 9.73. The molecule has 0 fully saturated rings. The van der Waals surface area contributed by atoms with Crippen LogP contribution in [0.5, 0.6) is 0 Å². The molecule has 0 aliphatic heterocycles. The first-order chi connectivity index (χ1) is 7.77. The van der Waals surface area contributed by atoms with Crippen LogP contribution in [-0.2, 0) is 16.1 Å². The van der Waals surface area contributed by atoms with Crippen molar-refractivity contribution in [2.75, 3.05) is 7.11 Å². The fourth-order valence-electron chi connectivity index (χ4n) is 1.41. The average molecular weight is 226 g/mol. The minimum atomic E-state index is -0.268. The number of hydrogen-bond acceptors (Lipinski definition) is 5. The number of ether oxygens (including phenoxy) is 1. The summed E-state index contributed by atoms with van der Waals surface area (Å²) < 4.78 is 9.67. The van der Waals surface area contributed by atoms with E-state index in [2.05, 4.69) is 17.4 Å². The Hall–Kier alpha value is -1.36. The summed E-state index contributed by atoms with van der Waals surface area (Å²) in [5.74, 6) is 0.485. The second-order valence-corrected chi connectivity index (χ2v) is 3.58. The Kier molecular flexibility index (Phi) is 5.56. The highest BCUT2D eigenvalue weighted by atomic mass is 16.5. The highest BCUT2D eigenvalue weighted by Gasteiger charge is 2.18. The monoisotopic (exact) mass is 226 g/mol. The van der Waals surface area contributed by atoms with E-state index in [1.165, 1.54) is 7.11 Å². The van der Waals surface area contributed by atoms with Gasteiger partial charge in [0, 0.05) is 6.07 Å². The van der Waals surface area contributed by atoms with Crippen LogP contribution in [0, 0.1) is 0 Å². The van der Waals surface area contributed by atoms with Gasteiger partial charge in [-0.25, -0.2) is 0 Å². The molecule has 1 rings (SSSR count). The summed E-state index contributed by atoms with van der Waals surface area (Å²) >= 11 is 0. The van der Waals surface area contributed by atoms with E-state index in [9.17, 15) is 4.79 Å². The number of nitrogens with zero attached hydrogens (tertiary/aromatic N) is 1. The molecule has 16 heavy (non-hydrogen) atoms. The Morgan fingerprint density at radius 3 is 3.06 bits per heavy atom. The molecule has 0 saturated carbocycles. The van der Waals surface area contributed by atoms with Crippen molar-refractivity contribution in [3.8, 4) is 0 Å². The first-order valence-corrected chi connectivity index (χ1v) is 5.48. The van der Waals surface area contributed by atoms with E-state index >= 15 is 0 Å². The van der Waals surface area contributed by atoms with E-state index in [1.54, 1.807) is 12.3 Å². The van der Waals surface area contributed by atoms with Crippen LogP contribution in [0.1, 0.15) is 31.9 Å². The zero-order chi connectivity index (χ0) is 11.8. The molecule has 1 aromatic heterocycles. The largest absolute Gasteiger partial charge is 0.468 e. The Morgan fingerprint density at radius 1 is 1.69 bits per heavy atom. The van der Waals surface area contributed by atoms with Gasteiger partial charge in [-0.15, -0.1) is 0 Å². The lowest BCUT2D eigenvalue weighted by Crippen LogP contribution is -2.37. The molecule has 1 N–H and O–H groups in total. The van der Waals surface area contributed by atoms with Crippen LogP contribution in [0.15, 0.2) is 16.8 Å². The number of esters is 1. The average Bonchev–Trinajstić information content (AvgIpc) is 2.81. The van der Waals surface area contributed by atoms with Crippen LogP contribution in [0.3, 0.4) is 0 Å². The number of hydrogen-bond donors (Lipinski definition) is 1. The SMILES string of the molecule is CCCCC(NCc1ccno1)C(=O)OC. The van der Waals surface area contributed by atoms with Crippen molar-refractivity contribution in [1.82, 2.24) is 10.5 Å². The fraction of sp³-hybridized carbons (Fsp3) is 0.636. The molecule has 0 spiro atoms. The van der Waals surface area contributed by atoms with E-state index in [-0.39, 0.29) is 12.0 Å². The van der Waals surface area contributed by atoms with Crippen LogP contribution in [0.25, 0.3) is 0 Å². The number of methoxy groups -OCH3 is 1. The van der Waals surface area contributed by atoms with Gasteiger partial charge < -0.3 is 9.26 Å². The van der Waals surface area contributed by atoms with E-state index in [0.717, 1.165) is 19.3 Å². The maximum atomic E-state index is 11.4. The Labute approximate surface area is 95.1 Å². The smallest absolute Gasteiger partial charge is 0.322 e.